The molecule has 0 aromatic rings. The van der Waals surface area contributed by atoms with Crippen molar-refractivity contribution in [3.05, 3.63) is 0 Å². The summed E-state index contributed by atoms with van der Waals surface area (Å²) in [7, 11) is -2.50. The van der Waals surface area contributed by atoms with E-state index in [4.69, 9.17) is 23.1 Å². The van der Waals surface area contributed by atoms with Crippen molar-refractivity contribution in [2.45, 2.75) is 33.2 Å². The van der Waals surface area contributed by atoms with E-state index in [1.54, 1.807) is 0 Å². The molecule has 0 aliphatic carbocycles. The highest BCUT2D eigenvalue weighted by Gasteiger charge is 2.39. The summed E-state index contributed by atoms with van der Waals surface area (Å²) in [6.07, 6.45) is 0.826. The molecule has 0 atom stereocenters. The number of ether oxygens (including phenoxy) is 1. The van der Waals surface area contributed by atoms with Gasteiger partial charge in [-0.3, -0.25) is 0 Å². The normalized spacial score (nSPS) is 12.0. The maximum absolute atomic E-state index is 8.59. The Hall–Kier alpha value is 0.0169. The molecule has 0 spiro atoms. The van der Waals surface area contributed by atoms with Gasteiger partial charge in [-0.05, 0) is 27.2 Å². The highest BCUT2D eigenvalue weighted by molar-refractivity contribution is 6.60. The molecule has 5 nitrogen and oxygen atoms in total. The molecule has 0 saturated heterocycles. The van der Waals surface area contributed by atoms with Crippen molar-refractivity contribution in [2.75, 3.05) is 39.6 Å². The second-order valence-corrected chi connectivity index (χ2v) is 6.15. The van der Waals surface area contributed by atoms with Gasteiger partial charge >= 0.3 is 8.80 Å². The minimum absolute atomic E-state index is 0.0605. The van der Waals surface area contributed by atoms with Crippen LogP contribution >= 0.6 is 0 Å². The maximum Gasteiger partial charge on any atom is 0.501 e. The first-order valence-corrected chi connectivity index (χ1v) is 8.28. The molecule has 104 valence electrons. The third-order valence-corrected chi connectivity index (χ3v) is 5.25. The van der Waals surface area contributed by atoms with Gasteiger partial charge in [0.2, 0.25) is 0 Å². The predicted octanol–water partition coefficient (Wildman–Crippen LogP) is 1.43. The van der Waals surface area contributed by atoms with Gasteiger partial charge in [0.15, 0.2) is 0 Å². The maximum atomic E-state index is 8.59. The molecule has 1 N–H and O–H groups in total. The van der Waals surface area contributed by atoms with Gasteiger partial charge in [-0.1, -0.05) is 0 Å². The van der Waals surface area contributed by atoms with Crippen LogP contribution in [-0.4, -0.2) is 53.6 Å². The van der Waals surface area contributed by atoms with Crippen molar-refractivity contribution >= 4 is 8.80 Å². The van der Waals surface area contributed by atoms with Crippen LogP contribution in [0.5, 0.6) is 0 Å². The van der Waals surface area contributed by atoms with E-state index >= 15 is 0 Å². The first-order chi connectivity index (χ1) is 8.24. The molecule has 0 aliphatic rings. The number of aliphatic hydroxyl groups is 1. The Bertz CT molecular complexity index is 151. The number of hydrogen-bond acceptors (Lipinski definition) is 5. The molecule has 0 fully saturated rings. The van der Waals surface area contributed by atoms with Crippen molar-refractivity contribution in [1.29, 1.82) is 0 Å². The topological polar surface area (TPSA) is 57.2 Å². The van der Waals surface area contributed by atoms with Crippen LogP contribution in [0.2, 0.25) is 6.04 Å². The standard InChI is InChI=1S/C11H26O5Si/c1-4-14-17(15-5-2,16-6-3)11-7-9-13-10-8-12/h12H,4-11H2,1-3H3. The summed E-state index contributed by atoms with van der Waals surface area (Å²) in [6.45, 7) is 8.68. The Morgan fingerprint density at radius 2 is 1.41 bits per heavy atom. The quantitative estimate of drug-likeness (QED) is 0.428. The van der Waals surface area contributed by atoms with Crippen molar-refractivity contribution in [3.63, 3.8) is 0 Å². The monoisotopic (exact) mass is 266 g/mol. The Kier molecular flexibility index (Phi) is 11.1. The third kappa shape index (κ3) is 7.85. The van der Waals surface area contributed by atoms with Gasteiger partial charge < -0.3 is 23.1 Å². The minimum atomic E-state index is -2.50. The molecule has 0 unspecified atom stereocenters. The molecular weight excluding hydrogens is 240 g/mol. The van der Waals surface area contributed by atoms with Gasteiger partial charge in [0.05, 0.1) is 13.2 Å². The average molecular weight is 266 g/mol. The molecule has 0 aromatic carbocycles. The fourth-order valence-electron chi connectivity index (χ4n) is 1.56. The second kappa shape index (κ2) is 11.1. The van der Waals surface area contributed by atoms with E-state index in [0.717, 1.165) is 12.5 Å². The fourth-order valence-corrected chi connectivity index (χ4v) is 4.14. The van der Waals surface area contributed by atoms with Crippen molar-refractivity contribution in [2.24, 2.45) is 0 Å². The largest absolute Gasteiger partial charge is 0.501 e. The van der Waals surface area contributed by atoms with Crippen molar-refractivity contribution in [3.8, 4) is 0 Å². The molecule has 0 aliphatic heterocycles. The molecule has 0 aromatic heterocycles. The fraction of sp³-hybridized carbons (Fsp3) is 1.00. The van der Waals surface area contributed by atoms with Crippen LogP contribution in [0.25, 0.3) is 0 Å². The first kappa shape index (κ1) is 17.0. The summed E-state index contributed by atoms with van der Waals surface area (Å²) in [4.78, 5) is 0. The van der Waals surface area contributed by atoms with Crippen molar-refractivity contribution in [1.82, 2.24) is 0 Å². The average Bonchev–Trinajstić information content (AvgIpc) is 2.30. The van der Waals surface area contributed by atoms with Gasteiger partial charge in [0.1, 0.15) is 0 Å². The van der Waals surface area contributed by atoms with E-state index < -0.39 is 8.80 Å². The van der Waals surface area contributed by atoms with Crippen LogP contribution in [0.4, 0.5) is 0 Å². The minimum Gasteiger partial charge on any atom is -0.394 e. The van der Waals surface area contributed by atoms with Crippen LogP contribution in [0.3, 0.4) is 0 Å². The zero-order valence-electron chi connectivity index (χ0n) is 11.2. The summed E-state index contributed by atoms with van der Waals surface area (Å²) >= 11 is 0. The lowest BCUT2D eigenvalue weighted by Crippen LogP contribution is -2.46. The van der Waals surface area contributed by atoms with E-state index in [1.165, 1.54) is 0 Å². The van der Waals surface area contributed by atoms with E-state index in [2.05, 4.69) is 0 Å². The summed E-state index contributed by atoms with van der Waals surface area (Å²) in [5.74, 6) is 0. The Morgan fingerprint density at radius 3 is 1.82 bits per heavy atom. The lowest BCUT2D eigenvalue weighted by Gasteiger charge is -2.28. The molecular formula is C11H26O5Si. The second-order valence-electron chi connectivity index (χ2n) is 3.42. The number of aliphatic hydroxyl groups excluding tert-OH is 1. The van der Waals surface area contributed by atoms with Crippen LogP contribution < -0.4 is 0 Å². The Balaban J connectivity index is 4.05. The molecule has 0 amide bonds. The highest BCUT2D eigenvalue weighted by Crippen LogP contribution is 2.18. The zero-order valence-corrected chi connectivity index (χ0v) is 12.2. The van der Waals surface area contributed by atoms with Gasteiger partial charge in [-0.25, -0.2) is 0 Å². The number of rotatable bonds is 12. The molecule has 17 heavy (non-hydrogen) atoms. The van der Waals surface area contributed by atoms with E-state index in [9.17, 15) is 0 Å². The van der Waals surface area contributed by atoms with E-state index in [1.807, 2.05) is 20.8 Å². The van der Waals surface area contributed by atoms with Gasteiger partial charge in [-0.15, -0.1) is 0 Å². The summed E-state index contributed by atoms with van der Waals surface area (Å²) < 4.78 is 22.3. The van der Waals surface area contributed by atoms with Gasteiger partial charge in [0, 0.05) is 32.5 Å². The van der Waals surface area contributed by atoms with Crippen LogP contribution in [-0.2, 0) is 18.0 Å². The lowest BCUT2D eigenvalue weighted by atomic mass is 10.5. The smallest absolute Gasteiger partial charge is 0.394 e. The van der Waals surface area contributed by atoms with Crippen LogP contribution in [0, 0.1) is 0 Å². The molecule has 0 radical (unpaired) electrons. The van der Waals surface area contributed by atoms with E-state index in [0.29, 0.717) is 33.0 Å². The van der Waals surface area contributed by atoms with Gasteiger partial charge in [0.25, 0.3) is 0 Å². The zero-order chi connectivity index (χ0) is 13.0. The first-order valence-electron chi connectivity index (χ1n) is 6.35. The Morgan fingerprint density at radius 1 is 0.882 bits per heavy atom. The lowest BCUT2D eigenvalue weighted by molar-refractivity contribution is 0.0620. The molecule has 0 rings (SSSR count). The van der Waals surface area contributed by atoms with Crippen LogP contribution in [0.15, 0.2) is 0 Å². The van der Waals surface area contributed by atoms with Crippen LogP contribution in [0.1, 0.15) is 27.2 Å². The molecule has 0 bridgehead atoms. The molecule has 6 heteroatoms. The Labute approximate surface area is 105 Å². The summed E-state index contributed by atoms with van der Waals surface area (Å²) in [6, 6.07) is 0.758. The van der Waals surface area contributed by atoms with Crippen molar-refractivity contribution < 1.29 is 23.1 Å². The molecule has 0 heterocycles. The predicted molar refractivity (Wildman–Crippen MR) is 68.0 cm³/mol. The number of hydrogen-bond donors (Lipinski definition) is 1. The third-order valence-electron chi connectivity index (χ3n) is 2.10. The van der Waals surface area contributed by atoms with Gasteiger partial charge in [-0.2, -0.15) is 0 Å². The van der Waals surface area contributed by atoms with E-state index in [-0.39, 0.29) is 6.61 Å². The summed E-state index contributed by atoms with van der Waals surface area (Å²) in [5.41, 5.74) is 0. The molecule has 0 saturated carbocycles. The summed E-state index contributed by atoms with van der Waals surface area (Å²) in [5, 5.41) is 8.59. The SMILES string of the molecule is CCO[Si](CCCOCCO)(OCC)OCC. The highest BCUT2D eigenvalue weighted by atomic mass is 28.4.